The summed E-state index contributed by atoms with van der Waals surface area (Å²) in [6.45, 7) is 9.75. The van der Waals surface area contributed by atoms with Gasteiger partial charge in [-0.1, -0.05) is 19.8 Å². The quantitative estimate of drug-likeness (QED) is 0.414. The molecule has 1 atom stereocenters. The van der Waals surface area contributed by atoms with E-state index in [0.717, 1.165) is 19.3 Å². The van der Waals surface area contributed by atoms with Crippen LogP contribution in [-0.2, 0) is 9.59 Å². The summed E-state index contributed by atoms with van der Waals surface area (Å²) in [5.41, 5.74) is 6.94. The van der Waals surface area contributed by atoms with Gasteiger partial charge in [0.05, 0.1) is 22.9 Å². The van der Waals surface area contributed by atoms with Gasteiger partial charge in [0.2, 0.25) is 17.8 Å². The van der Waals surface area contributed by atoms with Crippen LogP contribution in [0.3, 0.4) is 0 Å². The smallest absolute Gasteiger partial charge is 0.223 e. The minimum absolute atomic E-state index is 0.0511. The molecule has 30 heavy (non-hydrogen) atoms. The van der Waals surface area contributed by atoms with Gasteiger partial charge in [0, 0.05) is 26.9 Å². The molecule has 0 spiro atoms. The van der Waals surface area contributed by atoms with Crippen LogP contribution in [0, 0.1) is 0 Å². The van der Waals surface area contributed by atoms with E-state index in [4.69, 9.17) is 11.6 Å². The van der Waals surface area contributed by atoms with Crippen LogP contribution in [0.25, 0.3) is 11.0 Å². The van der Waals surface area contributed by atoms with E-state index in [1.807, 2.05) is 13.8 Å². The lowest BCUT2D eigenvalue weighted by Crippen LogP contribution is -2.57. The maximum absolute atomic E-state index is 11.9. The van der Waals surface area contributed by atoms with Crippen molar-refractivity contribution in [3.63, 3.8) is 0 Å². The molecule has 2 amide bonds. The van der Waals surface area contributed by atoms with Crippen molar-refractivity contribution < 1.29 is 9.59 Å². The van der Waals surface area contributed by atoms with Gasteiger partial charge in [-0.3, -0.25) is 14.6 Å². The molecule has 5 N–H and O–H groups in total. The van der Waals surface area contributed by atoms with E-state index in [2.05, 4.69) is 27.2 Å². The van der Waals surface area contributed by atoms with Gasteiger partial charge in [-0.05, 0) is 26.3 Å². The van der Waals surface area contributed by atoms with Crippen LogP contribution >= 0.6 is 0 Å². The number of carbonyl (C=O) groups excluding carboxylic acids is 2. The van der Waals surface area contributed by atoms with Gasteiger partial charge in [-0.15, -0.1) is 0 Å². The number of nitrogens with zero attached hydrogens (tertiary/aromatic N) is 5. The average molecular weight is 417 g/mol. The Morgan fingerprint density at radius 2 is 1.93 bits per heavy atom. The number of nitrogens with one attached hydrogen (secondary N) is 1. The van der Waals surface area contributed by atoms with Crippen molar-refractivity contribution in [3.8, 4) is 0 Å². The highest BCUT2D eigenvalue weighted by Gasteiger charge is 2.33. The molecule has 0 aromatic carbocycles. The fourth-order valence-electron chi connectivity index (χ4n) is 3.33. The Morgan fingerprint density at radius 1 is 1.23 bits per heavy atom. The lowest BCUT2D eigenvalue weighted by Gasteiger charge is -2.39. The number of anilines is 3. The van der Waals surface area contributed by atoms with Crippen LogP contribution in [-0.4, -0.2) is 45.4 Å². The van der Waals surface area contributed by atoms with E-state index in [-0.39, 0.29) is 17.8 Å². The Balaban J connectivity index is 2.54. The molecule has 10 heteroatoms. The molecule has 0 saturated carbocycles. The van der Waals surface area contributed by atoms with Crippen LogP contribution in [0.1, 0.15) is 53.9 Å². The van der Waals surface area contributed by atoms with Crippen molar-refractivity contribution in [1.29, 1.82) is 0 Å². The monoisotopic (exact) mass is 416 g/mol. The van der Waals surface area contributed by atoms with Crippen LogP contribution in [0.5, 0.6) is 0 Å². The van der Waals surface area contributed by atoms with Gasteiger partial charge in [-0.2, -0.15) is 4.98 Å². The summed E-state index contributed by atoms with van der Waals surface area (Å²) in [7, 11) is 0. The Labute approximate surface area is 177 Å². The topological polar surface area (TPSA) is 143 Å². The summed E-state index contributed by atoms with van der Waals surface area (Å²) < 4.78 is 0. The highest BCUT2D eigenvalue weighted by atomic mass is 16.2. The van der Waals surface area contributed by atoms with Crippen LogP contribution < -0.4 is 26.8 Å². The first-order valence-electron chi connectivity index (χ1n) is 10.1. The number of hydrogen-bond donors (Lipinski definition) is 3. The van der Waals surface area contributed by atoms with Gasteiger partial charge < -0.3 is 16.0 Å². The number of amides is 2. The van der Waals surface area contributed by atoms with E-state index >= 15 is 0 Å². The third-order valence-electron chi connectivity index (χ3n) is 5.13. The van der Waals surface area contributed by atoms with Crippen LogP contribution in [0.2, 0.25) is 0 Å². The molecular weight excluding hydrogens is 384 g/mol. The van der Waals surface area contributed by atoms with Crippen molar-refractivity contribution >= 4 is 40.3 Å². The van der Waals surface area contributed by atoms with E-state index < -0.39 is 5.54 Å². The number of hydrazine groups is 1. The highest BCUT2D eigenvalue weighted by molar-refractivity contribution is 5.95. The van der Waals surface area contributed by atoms with Gasteiger partial charge in [0.1, 0.15) is 5.52 Å². The predicted molar refractivity (Wildman–Crippen MR) is 119 cm³/mol. The molecule has 0 aliphatic heterocycles. The molecule has 0 bridgehead atoms. The SMILES string of the molecule is CCCC[C@](C)(CNC(C)=O)N(N)c1nc(N)nc2cc(N(CC)C(C)=O)cnc12. The number of fused-ring (bicyclic) bond motifs is 1. The summed E-state index contributed by atoms with van der Waals surface area (Å²) in [5, 5.41) is 4.37. The molecule has 2 rings (SSSR count). The Morgan fingerprint density at radius 3 is 2.50 bits per heavy atom. The fraction of sp³-hybridized carbons (Fsp3) is 0.550. The van der Waals surface area contributed by atoms with Crippen molar-refractivity contribution in [2.24, 2.45) is 5.84 Å². The molecule has 164 valence electrons. The van der Waals surface area contributed by atoms with Gasteiger partial charge in [-0.25, -0.2) is 15.8 Å². The Kier molecular flexibility index (Phi) is 7.49. The van der Waals surface area contributed by atoms with E-state index in [1.165, 1.54) is 18.9 Å². The van der Waals surface area contributed by atoms with Gasteiger partial charge in [0.15, 0.2) is 5.82 Å². The zero-order chi connectivity index (χ0) is 22.5. The molecule has 2 aromatic rings. The van der Waals surface area contributed by atoms with Crippen molar-refractivity contribution in [3.05, 3.63) is 12.3 Å². The molecule has 0 radical (unpaired) electrons. The maximum Gasteiger partial charge on any atom is 0.223 e. The number of nitrogen functional groups attached to an aromatic ring is 1. The average Bonchev–Trinajstić information content (AvgIpc) is 2.69. The maximum atomic E-state index is 11.9. The zero-order valence-corrected chi connectivity index (χ0v) is 18.4. The zero-order valence-electron chi connectivity index (χ0n) is 18.4. The first kappa shape index (κ1) is 23.3. The van der Waals surface area contributed by atoms with E-state index in [9.17, 15) is 9.59 Å². The molecule has 10 nitrogen and oxygen atoms in total. The molecule has 0 saturated heterocycles. The third kappa shape index (κ3) is 5.12. The minimum atomic E-state index is -0.607. The lowest BCUT2D eigenvalue weighted by molar-refractivity contribution is -0.119. The lowest BCUT2D eigenvalue weighted by atomic mass is 9.93. The second-order valence-corrected chi connectivity index (χ2v) is 7.61. The molecule has 2 aromatic heterocycles. The summed E-state index contributed by atoms with van der Waals surface area (Å²) in [4.78, 5) is 38.1. The second-order valence-electron chi connectivity index (χ2n) is 7.61. The van der Waals surface area contributed by atoms with Gasteiger partial charge in [0.25, 0.3) is 0 Å². The normalized spacial score (nSPS) is 13.0. The summed E-state index contributed by atoms with van der Waals surface area (Å²) in [5.74, 6) is 6.74. The summed E-state index contributed by atoms with van der Waals surface area (Å²) in [6, 6.07) is 1.75. The van der Waals surface area contributed by atoms with E-state index in [0.29, 0.717) is 35.6 Å². The second kappa shape index (κ2) is 9.66. The first-order valence-corrected chi connectivity index (χ1v) is 10.1. The van der Waals surface area contributed by atoms with Crippen LogP contribution in [0.15, 0.2) is 12.3 Å². The first-order chi connectivity index (χ1) is 14.1. The van der Waals surface area contributed by atoms with E-state index in [1.54, 1.807) is 17.2 Å². The Bertz CT molecular complexity index is 919. The van der Waals surface area contributed by atoms with Crippen molar-refractivity contribution in [2.75, 3.05) is 28.7 Å². The predicted octanol–water partition coefficient (Wildman–Crippen LogP) is 1.74. The molecule has 0 aliphatic carbocycles. The standard InChI is InChI=1S/C20H32N8O2/c1-6-8-9-20(5,12-24-13(3)29)28(22)18-17-16(25-19(21)26-18)10-15(11-23-17)27(7-2)14(4)30/h10-11H,6-9,12,22H2,1-5H3,(H,24,29)(H2,21,25,26)/t20-/m1/s1. The molecule has 0 aliphatic rings. The minimum Gasteiger partial charge on any atom is -0.368 e. The molecule has 0 unspecified atom stereocenters. The van der Waals surface area contributed by atoms with Crippen LogP contribution in [0.4, 0.5) is 17.5 Å². The highest BCUT2D eigenvalue weighted by Crippen LogP contribution is 2.30. The molecular formula is C20H32N8O2. The number of hydrogen-bond acceptors (Lipinski definition) is 8. The number of unbranched alkanes of at least 4 members (excludes halogenated alkanes) is 1. The summed E-state index contributed by atoms with van der Waals surface area (Å²) >= 11 is 0. The third-order valence-corrected chi connectivity index (χ3v) is 5.13. The number of carbonyl (C=O) groups is 2. The van der Waals surface area contributed by atoms with Crippen molar-refractivity contribution in [2.45, 2.75) is 59.4 Å². The number of rotatable bonds is 9. The fourth-order valence-corrected chi connectivity index (χ4v) is 3.33. The number of nitrogens with two attached hydrogens (primary N) is 2. The van der Waals surface area contributed by atoms with Crippen molar-refractivity contribution in [1.82, 2.24) is 20.3 Å². The summed E-state index contributed by atoms with van der Waals surface area (Å²) in [6.07, 6.45) is 4.23. The number of pyridine rings is 1. The molecule has 0 fully saturated rings. The van der Waals surface area contributed by atoms with Gasteiger partial charge >= 0.3 is 0 Å². The largest absolute Gasteiger partial charge is 0.368 e. The Hall–Kier alpha value is -3.01. The molecule has 2 heterocycles. The number of aromatic nitrogens is 3.